The van der Waals surface area contributed by atoms with Gasteiger partial charge < -0.3 is 16.0 Å². The number of anilines is 1. The number of hydrogen-bond donors (Lipinski definition) is 3. The molecule has 0 saturated carbocycles. The van der Waals surface area contributed by atoms with Crippen molar-refractivity contribution in [3.63, 3.8) is 0 Å². The maximum absolute atomic E-state index is 12.2. The summed E-state index contributed by atoms with van der Waals surface area (Å²) in [5, 5.41) is 3.20. The van der Waals surface area contributed by atoms with Gasteiger partial charge in [-0.15, -0.1) is 0 Å². The van der Waals surface area contributed by atoms with Crippen LogP contribution in [0.3, 0.4) is 0 Å². The number of nitrogens with two attached hydrogens (primary N) is 1. The van der Waals surface area contributed by atoms with Gasteiger partial charge in [0, 0.05) is 5.69 Å². The van der Waals surface area contributed by atoms with Gasteiger partial charge in [0.05, 0.1) is 17.2 Å². The predicted molar refractivity (Wildman–Crippen MR) is 84.4 cm³/mol. The Morgan fingerprint density at radius 2 is 1.95 bits per heavy atom. The van der Waals surface area contributed by atoms with E-state index in [0.29, 0.717) is 16.6 Å². The highest BCUT2D eigenvalue weighted by Crippen LogP contribution is 2.17. The van der Waals surface area contributed by atoms with E-state index in [0.717, 1.165) is 5.56 Å². The average Bonchev–Trinajstić information content (AvgIpc) is 2.55. The topological polar surface area (TPSA) is 101 Å². The standard InChI is InChI=1S/C16H14N4O2/c17-14(10-4-2-1-3-5-10)16(22)20-11-6-7-12-13(8-11)18-9-19-15(12)21/h1-9,14H,17H2,(H,20,22)(H,18,19,21)/t14-/m1/s1. The molecule has 1 amide bonds. The molecule has 3 rings (SSSR count). The van der Waals surface area contributed by atoms with Crippen LogP contribution in [0.1, 0.15) is 11.6 Å². The molecular weight excluding hydrogens is 280 g/mol. The number of fused-ring (bicyclic) bond motifs is 1. The van der Waals surface area contributed by atoms with E-state index in [1.165, 1.54) is 6.33 Å². The highest BCUT2D eigenvalue weighted by Gasteiger charge is 2.15. The Labute approximate surface area is 126 Å². The lowest BCUT2D eigenvalue weighted by Gasteiger charge is -2.12. The molecule has 3 aromatic rings. The number of H-pyrrole nitrogens is 1. The van der Waals surface area contributed by atoms with Gasteiger partial charge in [-0.3, -0.25) is 9.59 Å². The van der Waals surface area contributed by atoms with Gasteiger partial charge in [-0.25, -0.2) is 4.98 Å². The van der Waals surface area contributed by atoms with Crippen molar-refractivity contribution in [2.45, 2.75) is 6.04 Å². The first-order valence-corrected chi connectivity index (χ1v) is 6.74. The first-order chi connectivity index (χ1) is 10.6. The SMILES string of the molecule is N[C@@H](C(=O)Nc1ccc2c(=O)[nH]cnc2c1)c1ccccc1. The third kappa shape index (κ3) is 2.72. The second-order valence-electron chi connectivity index (χ2n) is 4.84. The fraction of sp³-hybridized carbons (Fsp3) is 0.0625. The van der Waals surface area contributed by atoms with E-state index in [9.17, 15) is 9.59 Å². The Bertz CT molecular complexity index is 874. The third-order valence-corrected chi connectivity index (χ3v) is 3.35. The van der Waals surface area contributed by atoms with Crippen LogP contribution >= 0.6 is 0 Å². The summed E-state index contributed by atoms with van der Waals surface area (Å²) in [5.74, 6) is -0.324. The van der Waals surface area contributed by atoms with Crippen LogP contribution in [0.25, 0.3) is 10.9 Å². The molecule has 22 heavy (non-hydrogen) atoms. The van der Waals surface area contributed by atoms with Crippen molar-refractivity contribution in [2.75, 3.05) is 5.32 Å². The minimum atomic E-state index is -0.760. The van der Waals surface area contributed by atoms with Crippen LogP contribution in [0.4, 0.5) is 5.69 Å². The highest BCUT2D eigenvalue weighted by atomic mass is 16.2. The van der Waals surface area contributed by atoms with Gasteiger partial charge in [-0.1, -0.05) is 30.3 Å². The number of hydrogen-bond acceptors (Lipinski definition) is 4. The van der Waals surface area contributed by atoms with Crippen molar-refractivity contribution >= 4 is 22.5 Å². The summed E-state index contributed by atoms with van der Waals surface area (Å²) in [7, 11) is 0. The Morgan fingerprint density at radius 1 is 1.18 bits per heavy atom. The lowest BCUT2D eigenvalue weighted by molar-refractivity contribution is -0.117. The molecule has 1 aromatic heterocycles. The first-order valence-electron chi connectivity index (χ1n) is 6.74. The largest absolute Gasteiger partial charge is 0.324 e. The van der Waals surface area contributed by atoms with Crippen molar-refractivity contribution in [2.24, 2.45) is 5.73 Å². The Hall–Kier alpha value is -2.99. The predicted octanol–water partition coefficient (Wildman–Crippen LogP) is 1.56. The number of nitrogens with one attached hydrogen (secondary N) is 2. The number of aromatic amines is 1. The summed E-state index contributed by atoms with van der Waals surface area (Å²) in [6.45, 7) is 0. The summed E-state index contributed by atoms with van der Waals surface area (Å²) < 4.78 is 0. The number of nitrogens with zero attached hydrogens (tertiary/aromatic N) is 1. The van der Waals surface area contributed by atoms with E-state index < -0.39 is 6.04 Å². The van der Waals surface area contributed by atoms with E-state index in [1.807, 2.05) is 18.2 Å². The van der Waals surface area contributed by atoms with E-state index >= 15 is 0 Å². The van der Waals surface area contributed by atoms with Crippen LogP contribution in [-0.2, 0) is 4.79 Å². The lowest BCUT2D eigenvalue weighted by Crippen LogP contribution is -2.27. The molecule has 6 heteroatoms. The number of carbonyl (C=O) groups excluding carboxylic acids is 1. The maximum Gasteiger partial charge on any atom is 0.258 e. The number of rotatable bonds is 3. The van der Waals surface area contributed by atoms with Crippen molar-refractivity contribution < 1.29 is 4.79 Å². The minimum Gasteiger partial charge on any atom is -0.324 e. The molecule has 6 nitrogen and oxygen atoms in total. The van der Waals surface area contributed by atoms with Crippen molar-refractivity contribution in [1.29, 1.82) is 0 Å². The zero-order valence-electron chi connectivity index (χ0n) is 11.6. The minimum absolute atomic E-state index is 0.219. The van der Waals surface area contributed by atoms with Crippen LogP contribution in [0.15, 0.2) is 59.7 Å². The molecule has 0 saturated heterocycles. The van der Waals surface area contributed by atoms with E-state index in [2.05, 4.69) is 15.3 Å². The molecule has 1 atom stereocenters. The van der Waals surface area contributed by atoms with Crippen molar-refractivity contribution in [3.05, 3.63) is 70.8 Å². The molecule has 1 heterocycles. The van der Waals surface area contributed by atoms with Crippen LogP contribution in [0.2, 0.25) is 0 Å². The van der Waals surface area contributed by atoms with Gasteiger partial charge in [0.25, 0.3) is 5.56 Å². The normalized spacial score (nSPS) is 12.0. The summed E-state index contributed by atoms with van der Waals surface area (Å²) in [6.07, 6.45) is 1.33. The number of amides is 1. The van der Waals surface area contributed by atoms with Gasteiger partial charge >= 0.3 is 0 Å². The summed E-state index contributed by atoms with van der Waals surface area (Å²) in [6, 6.07) is 13.3. The molecule has 0 aliphatic rings. The van der Waals surface area contributed by atoms with Gasteiger partial charge in [-0.05, 0) is 23.8 Å². The number of benzene rings is 2. The molecule has 0 unspecified atom stereocenters. The Balaban J connectivity index is 1.84. The molecule has 4 N–H and O–H groups in total. The smallest absolute Gasteiger partial charge is 0.258 e. The number of aromatic nitrogens is 2. The molecule has 0 aliphatic heterocycles. The summed E-state index contributed by atoms with van der Waals surface area (Å²) in [5.41, 5.74) is 7.51. The van der Waals surface area contributed by atoms with Gasteiger partial charge in [-0.2, -0.15) is 0 Å². The second kappa shape index (κ2) is 5.79. The average molecular weight is 294 g/mol. The second-order valence-corrected chi connectivity index (χ2v) is 4.84. The molecule has 0 spiro atoms. The lowest BCUT2D eigenvalue weighted by atomic mass is 10.1. The monoisotopic (exact) mass is 294 g/mol. The third-order valence-electron chi connectivity index (χ3n) is 3.35. The van der Waals surface area contributed by atoms with Gasteiger partial charge in [0.2, 0.25) is 5.91 Å². The van der Waals surface area contributed by atoms with E-state index in [-0.39, 0.29) is 11.5 Å². The van der Waals surface area contributed by atoms with Crippen LogP contribution in [-0.4, -0.2) is 15.9 Å². The summed E-state index contributed by atoms with van der Waals surface area (Å²) in [4.78, 5) is 30.4. The highest BCUT2D eigenvalue weighted by molar-refractivity contribution is 5.97. The quantitative estimate of drug-likeness (QED) is 0.682. The van der Waals surface area contributed by atoms with E-state index in [1.54, 1.807) is 30.3 Å². The maximum atomic E-state index is 12.2. The van der Waals surface area contributed by atoms with Gasteiger partial charge in [0.15, 0.2) is 0 Å². The molecule has 110 valence electrons. The summed E-state index contributed by atoms with van der Waals surface area (Å²) >= 11 is 0. The number of carbonyl (C=O) groups is 1. The van der Waals surface area contributed by atoms with E-state index in [4.69, 9.17) is 5.73 Å². The zero-order valence-corrected chi connectivity index (χ0v) is 11.6. The fourth-order valence-corrected chi connectivity index (χ4v) is 2.18. The Morgan fingerprint density at radius 3 is 2.73 bits per heavy atom. The fourth-order valence-electron chi connectivity index (χ4n) is 2.18. The Kier molecular flexibility index (Phi) is 3.67. The molecule has 2 aromatic carbocycles. The molecule has 0 aliphatic carbocycles. The van der Waals surface area contributed by atoms with Crippen molar-refractivity contribution in [1.82, 2.24) is 9.97 Å². The first kappa shape index (κ1) is 14.0. The zero-order chi connectivity index (χ0) is 15.5. The van der Waals surface area contributed by atoms with Crippen LogP contribution in [0.5, 0.6) is 0 Å². The van der Waals surface area contributed by atoms with Crippen molar-refractivity contribution in [3.8, 4) is 0 Å². The molecule has 0 radical (unpaired) electrons. The van der Waals surface area contributed by atoms with Crippen LogP contribution in [0, 0.1) is 0 Å². The van der Waals surface area contributed by atoms with Crippen LogP contribution < -0.4 is 16.6 Å². The molecule has 0 fully saturated rings. The molecular formula is C16H14N4O2. The molecule has 0 bridgehead atoms. The van der Waals surface area contributed by atoms with Gasteiger partial charge in [0.1, 0.15) is 6.04 Å².